The van der Waals surface area contributed by atoms with Crippen molar-refractivity contribution < 1.29 is 9.59 Å². The van der Waals surface area contributed by atoms with Gasteiger partial charge >= 0.3 is 0 Å². The molecule has 0 radical (unpaired) electrons. The van der Waals surface area contributed by atoms with Crippen molar-refractivity contribution in [2.45, 2.75) is 83.6 Å². The summed E-state index contributed by atoms with van der Waals surface area (Å²) < 4.78 is 0. The quantitative estimate of drug-likeness (QED) is 0.714. The minimum atomic E-state index is 0.147. The molecular weight excluding hydrogens is 382 g/mol. The molecule has 6 heteroatoms. The molecule has 3 fully saturated rings. The zero-order chi connectivity index (χ0) is 20.4. The highest BCUT2D eigenvalue weighted by Crippen LogP contribution is 2.36. The summed E-state index contributed by atoms with van der Waals surface area (Å²) in [5, 5.41) is 3.06. The first-order valence-corrected chi connectivity index (χ1v) is 12.4. The molecule has 2 unspecified atom stereocenters. The zero-order valence-electron chi connectivity index (χ0n) is 17.9. The van der Waals surface area contributed by atoms with Gasteiger partial charge < -0.3 is 9.80 Å². The fourth-order valence-corrected chi connectivity index (χ4v) is 6.42. The summed E-state index contributed by atoms with van der Waals surface area (Å²) in [6.07, 6.45) is 9.99. The van der Waals surface area contributed by atoms with E-state index in [4.69, 9.17) is 4.98 Å². The summed E-state index contributed by atoms with van der Waals surface area (Å²) in [6, 6.07) is 0.436. The van der Waals surface area contributed by atoms with Crippen LogP contribution in [-0.2, 0) is 4.79 Å². The van der Waals surface area contributed by atoms with Crippen molar-refractivity contribution in [3.05, 3.63) is 16.1 Å². The van der Waals surface area contributed by atoms with Gasteiger partial charge in [-0.15, -0.1) is 11.3 Å². The van der Waals surface area contributed by atoms with E-state index in [-0.39, 0.29) is 11.8 Å². The summed E-state index contributed by atoms with van der Waals surface area (Å²) >= 11 is 1.64. The molecule has 2 atom stereocenters. The molecule has 2 aliphatic heterocycles. The van der Waals surface area contributed by atoms with Crippen LogP contribution in [0.25, 0.3) is 0 Å². The molecule has 0 N–H and O–H groups in total. The number of fused-ring (bicyclic) bond motifs is 1. The summed E-state index contributed by atoms with van der Waals surface area (Å²) in [4.78, 5) is 34.4. The molecule has 3 heterocycles. The van der Waals surface area contributed by atoms with Crippen molar-refractivity contribution in [3.63, 3.8) is 0 Å². The molecule has 2 amide bonds. The van der Waals surface area contributed by atoms with E-state index in [1.165, 1.54) is 25.7 Å². The average Bonchev–Trinajstić information content (AvgIpc) is 3.23. The molecule has 0 aromatic carbocycles. The zero-order valence-corrected chi connectivity index (χ0v) is 18.8. The Bertz CT molecular complexity index is 721. The minimum absolute atomic E-state index is 0.147. The lowest BCUT2D eigenvalue weighted by molar-refractivity contribution is -0.133. The van der Waals surface area contributed by atoms with Crippen LogP contribution in [0.5, 0.6) is 0 Å². The molecule has 1 saturated carbocycles. The molecule has 1 aromatic rings. The van der Waals surface area contributed by atoms with Gasteiger partial charge in [0.05, 0.1) is 5.01 Å². The number of carbonyl (C=O) groups is 2. The molecule has 4 rings (SSSR count). The number of likely N-dealkylation sites (tertiary alicyclic amines) is 2. The van der Waals surface area contributed by atoms with E-state index < -0.39 is 0 Å². The summed E-state index contributed by atoms with van der Waals surface area (Å²) in [7, 11) is 0. The van der Waals surface area contributed by atoms with E-state index in [0.29, 0.717) is 35.9 Å². The number of carbonyl (C=O) groups excluding carboxylic acids is 2. The van der Waals surface area contributed by atoms with Crippen LogP contribution >= 0.6 is 11.3 Å². The lowest BCUT2D eigenvalue weighted by Crippen LogP contribution is -2.49. The number of hydrogen-bond donors (Lipinski definition) is 0. The van der Waals surface area contributed by atoms with Crippen LogP contribution in [-0.4, -0.2) is 52.3 Å². The Morgan fingerprint density at radius 2 is 1.79 bits per heavy atom. The van der Waals surface area contributed by atoms with Crippen LogP contribution in [0.3, 0.4) is 0 Å². The Hall–Kier alpha value is -1.43. The van der Waals surface area contributed by atoms with E-state index in [9.17, 15) is 9.59 Å². The topological polar surface area (TPSA) is 53.5 Å². The van der Waals surface area contributed by atoms with Gasteiger partial charge in [-0.05, 0) is 50.4 Å². The van der Waals surface area contributed by atoms with Crippen molar-refractivity contribution >= 4 is 23.2 Å². The standard InChI is InChI=1S/C23H35N3O2S/c1-16(2)14-21(27)25-12-9-18(10-13-25)22-24-19(15-29-22)23(28)26-11-5-7-17-6-3-4-8-20(17)26/h15-18,20H,3-14H2,1-2H3. The molecule has 5 nitrogen and oxygen atoms in total. The third-order valence-corrected chi connectivity index (χ3v) is 8.03. The monoisotopic (exact) mass is 417 g/mol. The Morgan fingerprint density at radius 1 is 1.07 bits per heavy atom. The fraction of sp³-hybridized carbons (Fsp3) is 0.783. The van der Waals surface area contributed by atoms with Crippen molar-refractivity contribution in [3.8, 4) is 0 Å². The lowest BCUT2D eigenvalue weighted by atomic mass is 9.78. The van der Waals surface area contributed by atoms with Crippen LogP contribution in [0.2, 0.25) is 0 Å². The first kappa shape index (κ1) is 20.8. The molecule has 0 spiro atoms. The second-order valence-corrected chi connectivity index (χ2v) is 10.5. The molecule has 160 valence electrons. The minimum Gasteiger partial charge on any atom is -0.343 e. The molecular formula is C23H35N3O2S. The summed E-state index contributed by atoms with van der Waals surface area (Å²) in [6.45, 7) is 6.71. The van der Waals surface area contributed by atoms with E-state index in [1.54, 1.807) is 11.3 Å². The van der Waals surface area contributed by atoms with Crippen LogP contribution in [0.4, 0.5) is 0 Å². The molecule has 1 aromatic heterocycles. The second kappa shape index (κ2) is 9.15. The predicted octanol–water partition coefficient (Wildman–Crippen LogP) is 4.69. The van der Waals surface area contributed by atoms with E-state index in [2.05, 4.69) is 18.7 Å². The smallest absolute Gasteiger partial charge is 0.273 e. The van der Waals surface area contributed by atoms with Gasteiger partial charge in [-0.3, -0.25) is 9.59 Å². The van der Waals surface area contributed by atoms with Gasteiger partial charge in [-0.1, -0.05) is 26.7 Å². The van der Waals surface area contributed by atoms with Gasteiger partial charge in [0.2, 0.25) is 5.91 Å². The van der Waals surface area contributed by atoms with Gasteiger partial charge in [-0.2, -0.15) is 0 Å². The van der Waals surface area contributed by atoms with Crippen molar-refractivity contribution in [1.29, 1.82) is 0 Å². The van der Waals surface area contributed by atoms with Crippen LogP contribution in [0.15, 0.2) is 5.38 Å². The van der Waals surface area contributed by atoms with Crippen LogP contribution < -0.4 is 0 Å². The maximum atomic E-state index is 13.2. The lowest BCUT2D eigenvalue weighted by Gasteiger charge is -2.43. The SMILES string of the molecule is CC(C)CC(=O)N1CCC(c2nc(C(=O)N3CCCC4CCCCC43)cs2)CC1. The Balaban J connectivity index is 1.36. The van der Waals surface area contributed by atoms with Crippen molar-refractivity contribution in [2.24, 2.45) is 11.8 Å². The number of thiazole rings is 1. The average molecular weight is 418 g/mol. The van der Waals surface area contributed by atoms with Crippen molar-refractivity contribution in [2.75, 3.05) is 19.6 Å². The molecule has 3 aliphatic rings. The predicted molar refractivity (Wildman–Crippen MR) is 116 cm³/mol. The maximum Gasteiger partial charge on any atom is 0.273 e. The number of amides is 2. The number of nitrogens with zero attached hydrogens (tertiary/aromatic N) is 3. The third kappa shape index (κ3) is 4.68. The van der Waals surface area contributed by atoms with E-state index in [0.717, 1.165) is 50.3 Å². The summed E-state index contributed by atoms with van der Waals surface area (Å²) in [5.74, 6) is 1.92. The first-order valence-electron chi connectivity index (χ1n) is 11.6. The highest BCUT2D eigenvalue weighted by molar-refractivity contribution is 7.09. The molecule has 29 heavy (non-hydrogen) atoms. The summed E-state index contributed by atoms with van der Waals surface area (Å²) in [5.41, 5.74) is 0.648. The van der Waals surface area contributed by atoms with Gasteiger partial charge in [0, 0.05) is 43.4 Å². The third-order valence-electron chi connectivity index (χ3n) is 7.02. The highest BCUT2D eigenvalue weighted by Gasteiger charge is 2.37. The second-order valence-electron chi connectivity index (χ2n) is 9.58. The number of rotatable bonds is 4. The largest absolute Gasteiger partial charge is 0.343 e. The van der Waals surface area contributed by atoms with E-state index in [1.807, 2.05) is 10.3 Å². The Morgan fingerprint density at radius 3 is 2.55 bits per heavy atom. The number of hydrogen-bond acceptors (Lipinski definition) is 4. The van der Waals surface area contributed by atoms with Gasteiger partial charge in [0.1, 0.15) is 5.69 Å². The van der Waals surface area contributed by atoms with Crippen LogP contribution in [0, 0.1) is 11.8 Å². The molecule has 0 bridgehead atoms. The van der Waals surface area contributed by atoms with Crippen LogP contribution in [0.1, 0.15) is 93.0 Å². The maximum absolute atomic E-state index is 13.2. The fourth-order valence-electron chi connectivity index (χ4n) is 5.45. The number of aromatic nitrogens is 1. The van der Waals surface area contributed by atoms with E-state index >= 15 is 0 Å². The Kier molecular flexibility index (Phi) is 6.57. The van der Waals surface area contributed by atoms with Gasteiger partial charge in [0.25, 0.3) is 5.91 Å². The number of piperidine rings is 2. The van der Waals surface area contributed by atoms with Gasteiger partial charge in [0.15, 0.2) is 0 Å². The Labute approximate surface area is 178 Å². The van der Waals surface area contributed by atoms with Crippen molar-refractivity contribution in [1.82, 2.24) is 14.8 Å². The van der Waals surface area contributed by atoms with Gasteiger partial charge in [-0.25, -0.2) is 4.98 Å². The molecule has 1 aliphatic carbocycles. The molecule has 2 saturated heterocycles. The normalized spacial score (nSPS) is 25.9. The first-order chi connectivity index (χ1) is 14.0. The highest BCUT2D eigenvalue weighted by atomic mass is 32.1.